The van der Waals surface area contributed by atoms with E-state index in [1.165, 1.54) is 0 Å². The van der Waals surface area contributed by atoms with Gasteiger partial charge in [-0.3, -0.25) is 0 Å². The largest absolute Gasteiger partial charge is 0.300 e. The summed E-state index contributed by atoms with van der Waals surface area (Å²) < 4.78 is 0. The lowest BCUT2D eigenvalue weighted by molar-refractivity contribution is -0.117. The summed E-state index contributed by atoms with van der Waals surface area (Å²) in [5, 5.41) is 0. The first-order valence-corrected chi connectivity index (χ1v) is 5.84. The lowest BCUT2D eigenvalue weighted by atomic mass is 10.2. The molecule has 0 bridgehead atoms. The molecular formula is C15H22O. The third kappa shape index (κ3) is 12.6. The van der Waals surface area contributed by atoms with Crippen molar-refractivity contribution < 1.29 is 4.79 Å². The summed E-state index contributed by atoms with van der Waals surface area (Å²) in [6.07, 6.45) is 19.0. The van der Waals surface area contributed by atoms with Gasteiger partial charge >= 0.3 is 0 Å². The quantitative estimate of drug-likeness (QED) is 0.319. The van der Waals surface area contributed by atoms with E-state index in [0.29, 0.717) is 6.42 Å². The molecule has 0 radical (unpaired) electrons. The highest BCUT2D eigenvalue weighted by Gasteiger charge is 1.89. The molecular weight excluding hydrogens is 196 g/mol. The van der Waals surface area contributed by atoms with E-state index < -0.39 is 0 Å². The number of Topliss-reactive ketones (excluding diaryl/α,β-unsaturated/α-hetero) is 1. The minimum absolute atomic E-state index is 0.280. The molecule has 0 aromatic heterocycles. The fourth-order valence-electron chi connectivity index (χ4n) is 1.21. The van der Waals surface area contributed by atoms with Gasteiger partial charge in [0.1, 0.15) is 5.78 Å². The van der Waals surface area contributed by atoms with Crippen LogP contribution >= 0.6 is 0 Å². The van der Waals surface area contributed by atoms with Gasteiger partial charge in [0.05, 0.1) is 0 Å². The zero-order valence-electron chi connectivity index (χ0n) is 10.2. The van der Waals surface area contributed by atoms with Gasteiger partial charge in [-0.25, -0.2) is 0 Å². The second-order valence-corrected chi connectivity index (χ2v) is 3.67. The van der Waals surface area contributed by atoms with Crippen LogP contribution in [0, 0.1) is 0 Å². The summed E-state index contributed by atoms with van der Waals surface area (Å²) in [4.78, 5) is 10.7. The van der Waals surface area contributed by atoms with Gasteiger partial charge in [0, 0.05) is 6.42 Å². The van der Waals surface area contributed by atoms with E-state index in [1.54, 1.807) is 13.0 Å². The maximum Gasteiger partial charge on any atom is 0.129 e. The summed E-state index contributed by atoms with van der Waals surface area (Å²) in [5.41, 5.74) is 0. The monoisotopic (exact) mass is 218 g/mol. The van der Waals surface area contributed by atoms with Crippen LogP contribution in [0.25, 0.3) is 0 Å². The molecule has 0 fully saturated rings. The molecule has 0 aromatic carbocycles. The van der Waals surface area contributed by atoms with E-state index in [9.17, 15) is 4.79 Å². The van der Waals surface area contributed by atoms with Gasteiger partial charge < -0.3 is 4.79 Å². The molecule has 1 heteroatoms. The van der Waals surface area contributed by atoms with E-state index in [2.05, 4.69) is 37.0 Å². The highest BCUT2D eigenvalue weighted by Crippen LogP contribution is 1.99. The minimum atomic E-state index is 0.280. The highest BCUT2D eigenvalue weighted by molar-refractivity contribution is 5.75. The van der Waals surface area contributed by atoms with Crippen LogP contribution in [0.5, 0.6) is 0 Å². The molecule has 1 nitrogen and oxygen atoms in total. The third-order valence-corrected chi connectivity index (χ3v) is 2.05. The Morgan fingerprint density at radius 3 is 2.31 bits per heavy atom. The minimum Gasteiger partial charge on any atom is -0.300 e. The molecule has 0 saturated heterocycles. The van der Waals surface area contributed by atoms with Gasteiger partial charge in [-0.05, 0) is 32.6 Å². The number of ketones is 1. The van der Waals surface area contributed by atoms with Crippen LogP contribution in [0.2, 0.25) is 0 Å². The average molecular weight is 218 g/mol. The van der Waals surface area contributed by atoms with Crippen molar-refractivity contribution in [2.45, 2.75) is 39.0 Å². The van der Waals surface area contributed by atoms with Crippen molar-refractivity contribution in [2.24, 2.45) is 0 Å². The van der Waals surface area contributed by atoms with Crippen LogP contribution in [0.1, 0.15) is 39.0 Å². The van der Waals surface area contributed by atoms with E-state index in [4.69, 9.17) is 0 Å². The number of hydrogen-bond acceptors (Lipinski definition) is 1. The van der Waals surface area contributed by atoms with Gasteiger partial charge in [0.25, 0.3) is 0 Å². The van der Waals surface area contributed by atoms with Gasteiger partial charge in [0.2, 0.25) is 0 Å². The lowest BCUT2D eigenvalue weighted by Crippen LogP contribution is -1.87. The molecule has 0 aliphatic carbocycles. The molecule has 0 spiro atoms. The predicted octanol–water partition coefficient (Wildman–Crippen LogP) is 4.38. The molecule has 16 heavy (non-hydrogen) atoms. The van der Waals surface area contributed by atoms with Crippen molar-refractivity contribution in [1.82, 2.24) is 0 Å². The molecule has 0 aliphatic rings. The highest BCUT2D eigenvalue weighted by atomic mass is 16.1. The first-order chi connectivity index (χ1) is 7.77. The summed E-state index contributed by atoms with van der Waals surface area (Å²) in [6.45, 7) is 5.24. The topological polar surface area (TPSA) is 17.1 Å². The van der Waals surface area contributed by atoms with E-state index in [-0.39, 0.29) is 5.78 Å². The van der Waals surface area contributed by atoms with Crippen LogP contribution in [-0.2, 0) is 4.79 Å². The number of carbonyl (C=O) groups excluding carboxylic acids is 1. The predicted molar refractivity (Wildman–Crippen MR) is 71.4 cm³/mol. The number of rotatable bonds is 9. The molecule has 88 valence electrons. The molecule has 0 saturated carbocycles. The number of allylic oxidation sites excluding steroid dienone is 7. The van der Waals surface area contributed by atoms with E-state index in [0.717, 1.165) is 25.7 Å². The fourth-order valence-corrected chi connectivity index (χ4v) is 1.21. The molecule has 0 unspecified atom stereocenters. The molecule has 0 aromatic rings. The Kier molecular flexibility index (Phi) is 10.7. The Labute approximate surface area is 99.3 Å². The smallest absolute Gasteiger partial charge is 0.129 e. The van der Waals surface area contributed by atoms with Crippen LogP contribution in [0.4, 0.5) is 0 Å². The van der Waals surface area contributed by atoms with Crippen molar-refractivity contribution in [3.05, 3.63) is 49.1 Å². The van der Waals surface area contributed by atoms with Crippen molar-refractivity contribution in [3.8, 4) is 0 Å². The van der Waals surface area contributed by atoms with Gasteiger partial charge in [0.15, 0.2) is 0 Å². The molecule has 0 N–H and O–H groups in total. The molecule has 0 amide bonds. The van der Waals surface area contributed by atoms with Crippen LogP contribution in [0.15, 0.2) is 49.1 Å². The zero-order chi connectivity index (χ0) is 12.1. The maximum absolute atomic E-state index is 10.7. The number of hydrogen-bond donors (Lipinski definition) is 0. The average Bonchev–Trinajstić information content (AvgIpc) is 2.25. The van der Waals surface area contributed by atoms with Gasteiger partial charge in [-0.2, -0.15) is 0 Å². The summed E-state index contributed by atoms with van der Waals surface area (Å²) in [5.74, 6) is 0.280. The number of carbonyl (C=O) groups is 1. The molecule has 0 atom stereocenters. The molecule has 0 rings (SSSR count). The number of unbranched alkanes of at least 4 members (excludes halogenated alkanes) is 1. The Bertz CT molecular complexity index is 269. The van der Waals surface area contributed by atoms with E-state index in [1.807, 2.05) is 6.08 Å². The molecule has 0 aliphatic heterocycles. The second-order valence-electron chi connectivity index (χ2n) is 3.67. The lowest BCUT2D eigenvalue weighted by Gasteiger charge is -1.90. The van der Waals surface area contributed by atoms with Crippen LogP contribution in [-0.4, -0.2) is 5.78 Å². The first-order valence-electron chi connectivity index (χ1n) is 5.84. The normalized spacial score (nSPS) is 11.8. The van der Waals surface area contributed by atoms with Gasteiger partial charge in [-0.15, -0.1) is 0 Å². The summed E-state index contributed by atoms with van der Waals surface area (Å²) in [7, 11) is 0. The zero-order valence-corrected chi connectivity index (χ0v) is 10.2. The fraction of sp³-hybridized carbons (Fsp3) is 0.400. The first kappa shape index (κ1) is 14.6. The Balaban J connectivity index is 3.36. The van der Waals surface area contributed by atoms with Crippen molar-refractivity contribution in [1.29, 1.82) is 0 Å². The van der Waals surface area contributed by atoms with E-state index >= 15 is 0 Å². The standard InChI is InChI=1S/C15H22O/c1-3-4-5-6-7-8-9-10-11-12-13-14-15(2)16/h3-5,7-8,10-11H,1,6,9,12-14H2,2H3/b5-4+,8-7+,11-10+. The Hall–Kier alpha value is -1.37. The summed E-state index contributed by atoms with van der Waals surface area (Å²) >= 11 is 0. The Morgan fingerprint density at radius 2 is 1.69 bits per heavy atom. The van der Waals surface area contributed by atoms with Crippen LogP contribution in [0.3, 0.4) is 0 Å². The van der Waals surface area contributed by atoms with Crippen LogP contribution < -0.4 is 0 Å². The second kappa shape index (κ2) is 11.7. The van der Waals surface area contributed by atoms with Crippen molar-refractivity contribution >= 4 is 5.78 Å². The van der Waals surface area contributed by atoms with Gasteiger partial charge in [-0.1, -0.05) is 49.1 Å². The third-order valence-electron chi connectivity index (χ3n) is 2.05. The van der Waals surface area contributed by atoms with Crippen molar-refractivity contribution in [2.75, 3.05) is 0 Å². The summed E-state index contributed by atoms with van der Waals surface area (Å²) in [6, 6.07) is 0. The SMILES string of the molecule is C=C/C=C/C/C=C/C/C=C/CCCC(C)=O. The van der Waals surface area contributed by atoms with Crippen molar-refractivity contribution in [3.63, 3.8) is 0 Å². The molecule has 0 heterocycles. The Morgan fingerprint density at radius 1 is 1.06 bits per heavy atom. The maximum atomic E-state index is 10.7.